The second kappa shape index (κ2) is 10.2. The maximum Gasteiger partial charge on any atom is 0.186 e. The summed E-state index contributed by atoms with van der Waals surface area (Å²) in [6, 6.07) is 0. The zero-order valence-corrected chi connectivity index (χ0v) is 25.3. The fourth-order valence-electron chi connectivity index (χ4n) is 11.1. The lowest BCUT2D eigenvalue weighted by Crippen LogP contribution is -2.60. The summed E-state index contributed by atoms with van der Waals surface area (Å²) in [6.07, 6.45) is 6.24. The third-order valence-electron chi connectivity index (χ3n) is 13.5. The molecule has 4 N–H and O–H groups in total. The number of allylic oxidation sites excluding steroid dienone is 1. The van der Waals surface area contributed by atoms with Gasteiger partial charge in [-0.2, -0.15) is 0 Å². The molecule has 0 bridgehead atoms. The molecule has 7 aliphatic rings. The molecule has 6 fully saturated rings. The molecule has 41 heavy (non-hydrogen) atoms. The van der Waals surface area contributed by atoms with Crippen LogP contribution in [0.1, 0.15) is 85.5 Å². The maximum absolute atomic E-state index is 10.5. The zero-order chi connectivity index (χ0) is 28.9. The van der Waals surface area contributed by atoms with E-state index in [2.05, 4.69) is 33.8 Å². The predicted molar refractivity (Wildman–Crippen MR) is 150 cm³/mol. The van der Waals surface area contributed by atoms with Gasteiger partial charge < -0.3 is 39.4 Å². The van der Waals surface area contributed by atoms with Crippen LogP contribution in [0.4, 0.5) is 0 Å². The monoisotopic (exact) mass is 576 g/mol. The molecule has 0 amide bonds. The van der Waals surface area contributed by atoms with Crippen molar-refractivity contribution in [3.8, 4) is 0 Å². The average molecular weight is 577 g/mol. The van der Waals surface area contributed by atoms with Crippen LogP contribution in [0.15, 0.2) is 11.6 Å². The van der Waals surface area contributed by atoms with Crippen LogP contribution in [-0.2, 0) is 18.9 Å². The van der Waals surface area contributed by atoms with Crippen molar-refractivity contribution in [1.29, 1.82) is 0 Å². The normalized spacial score (nSPS) is 58.3. The summed E-state index contributed by atoms with van der Waals surface area (Å²) in [4.78, 5) is 0. The first-order valence-corrected chi connectivity index (χ1v) is 16.5. The van der Waals surface area contributed by atoms with Crippen LogP contribution in [0.5, 0.6) is 0 Å². The van der Waals surface area contributed by atoms with Gasteiger partial charge in [-0.25, -0.2) is 0 Å². The Labute approximate surface area is 244 Å². The van der Waals surface area contributed by atoms with Crippen molar-refractivity contribution in [2.24, 2.45) is 46.3 Å². The number of rotatable bonds is 3. The third-order valence-corrected chi connectivity index (χ3v) is 13.5. The van der Waals surface area contributed by atoms with Crippen LogP contribution < -0.4 is 0 Å². The van der Waals surface area contributed by atoms with Gasteiger partial charge in [0.1, 0.15) is 24.4 Å². The number of hydrogen-bond donors (Lipinski definition) is 4. The van der Waals surface area contributed by atoms with Crippen molar-refractivity contribution in [3.05, 3.63) is 11.6 Å². The van der Waals surface area contributed by atoms with E-state index < -0.39 is 37.3 Å². The molecule has 232 valence electrons. The first-order chi connectivity index (χ1) is 19.5. The van der Waals surface area contributed by atoms with Crippen molar-refractivity contribution in [2.45, 2.75) is 134 Å². The minimum Gasteiger partial charge on any atom is -0.394 e. The Morgan fingerprint density at radius 3 is 2.51 bits per heavy atom. The molecule has 16 atom stereocenters. The van der Waals surface area contributed by atoms with Crippen molar-refractivity contribution in [1.82, 2.24) is 0 Å². The maximum atomic E-state index is 10.5. The van der Waals surface area contributed by atoms with Gasteiger partial charge in [0.15, 0.2) is 12.1 Å². The van der Waals surface area contributed by atoms with Crippen molar-refractivity contribution < 1.29 is 39.4 Å². The van der Waals surface area contributed by atoms with Gasteiger partial charge >= 0.3 is 0 Å². The Morgan fingerprint density at radius 2 is 1.78 bits per heavy atom. The molecular weight excluding hydrogens is 524 g/mol. The lowest BCUT2D eigenvalue weighted by molar-refractivity contribution is -0.313. The standard InChI is InChI=1S/C33H52O8/c1-17-7-12-33(38-16-17)18(2)26-24(41-33)14-23-21-6-5-19-13-20(8-10-31(19,3)22(21)9-11-32(23,26)4)39-30-29(37)28(36)27(35)25(15-34)40-30/h5,17-18,20-30,34-37H,6-16H2,1-4H3/t17-,18?,20-,21?,22?,23?,24?,25+,26?,27+,28+,29+,30+,31-,32-,33?/m0/s1. The van der Waals surface area contributed by atoms with Gasteiger partial charge in [-0.3, -0.25) is 0 Å². The summed E-state index contributed by atoms with van der Waals surface area (Å²) in [7, 11) is 0. The molecule has 0 aromatic heterocycles. The Kier molecular flexibility index (Phi) is 7.27. The second-order valence-electron chi connectivity index (χ2n) is 15.5. The molecule has 1 spiro atoms. The van der Waals surface area contributed by atoms with Crippen molar-refractivity contribution in [2.75, 3.05) is 13.2 Å². The van der Waals surface area contributed by atoms with Crippen LogP contribution in [0, 0.1) is 46.3 Å². The molecule has 3 aliphatic heterocycles. The minimum atomic E-state index is -1.41. The van der Waals surface area contributed by atoms with Crippen LogP contribution in [-0.4, -0.2) is 82.3 Å². The highest BCUT2D eigenvalue weighted by atomic mass is 16.7. The molecule has 8 nitrogen and oxygen atoms in total. The number of hydrogen-bond acceptors (Lipinski definition) is 8. The van der Waals surface area contributed by atoms with E-state index in [1.807, 2.05) is 0 Å². The zero-order valence-electron chi connectivity index (χ0n) is 25.3. The summed E-state index contributed by atoms with van der Waals surface area (Å²) in [6.45, 7) is 10.1. The van der Waals surface area contributed by atoms with Crippen molar-refractivity contribution >= 4 is 0 Å². The van der Waals surface area contributed by atoms with E-state index in [1.165, 1.54) is 24.8 Å². The van der Waals surface area contributed by atoms with E-state index in [4.69, 9.17) is 18.9 Å². The first-order valence-electron chi connectivity index (χ1n) is 16.5. The molecule has 3 saturated heterocycles. The highest BCUT2D eigenvalue weighted by Gasteiger charge is 2.68. The SMILES string of the molecule is CC1C2C(CC3C4CC=C5C[C@@H](O[C@@H]6O[C@H](CO)[C@@H](O)[C@@H](O)[C@H]6O)CC[C@]5(C)C4CC[C@@]32C)OC12CC[C@H](C)CO2. The smallest absolute Gasteiger partial charge is 0.186 e. The molecule has 3 heterocycles. The quantitative estimate of drug-likeness (QED) is 0.377. The van der Waals surface area contributed by atoms with Crippen LogP contribution in [0.25, 0.3) is 0 Å². The topological polar surface area (TPSA) is 118 Å². The lowest BCUT2D eigenvalue weighted by atomic mass is 9.47. The molecule has 0 radical (unpaired) electrons. The van der Waals surface area contributed by atoms with Crippen molar-refractivity contribution in [3.63, 3.8) is 0 Å². The minimum absolute atomic E-state index is 0.129. The molecule has 4 aliphatic carbocycles. The highest BCUT2D eigenvalue weighted by molar-refractivity contribution is 5.26. The molecule has 3 saturated carbocycles. The van der Waals surface area contributed by atoms with E-state index >= 15 is 0 Å². The van der Waals surface area contributed by atoms with E-state index in [1.54, 1.807) is 0 Å². The summed E-state index contributed by atoms with van der Waals surface area (Å²) in [5, 5.41) is 40.4. The summed E-state index contributed by atoms with van der Waals surface area (Å²) in [5.74, 6) is 3.28. The van der Waals surface area contributed by atoms with Gasteiger partial charge in [0.05, 0.1) is 25.4 Å². The first kappa shape index (κ1) is 29.1. The Hall–Kier alpha value is -0.580. The van der Waals surface area contributed by atoms with Crippen LogP contribution >= 0.6 is 0 Å². The summed E-state index contributed by atoms with van der Waals surface area (Å²) < 4.78 is 25.3. The van der Waals surface area contributed by atoms with Gasteiger partial charge in [0.2, 0.25) is 0 Å². The van der Waals surface area contributed by atoms with Gasteiger partial charge in [-0.15, -0.1) is 0 Å². The van der Waals surface area contributed by atoms with Gasteiger partial charge in [0, 0.05) is 12.3 Å². The Bertz CT molecular complexity index is 1020. The Balaban J connectivity index is 1.05. The lowest BCUT2D eigenvalue weighted by Gasteiger charge is -2.58. The van der Waals surface area contributed by atoms with E-state index in [0.29, 0.717) is 47.0 Å². The molecule has 8 heteroatoms. The van der Waals surface area contributed by atoms with Gasteiger partial charge in [-0.1, -0.05) is 39.3 Å². The largest absolute Gasteiger partial charge is 0.394 e. The third kappa shape index (κ3) is 4.29. The number of aliphatic hydroxyl groups excluding tert-OH is 4. The second-order valence-corrected chi connectivity index (χ2v) is 15.5. The predicted octanol–water partition coefficient (Wildman–Crippen LogP) is 3.54. The number of ether oxygens (including phenoxy) is 4. The Morgan fingerprint density at radius 1 is 0.976 bits per heavy atom. The summed E-state index contributed by atoms with van der Waals surface area (Å²) >= 11 is 0. The number of fused-ring (bicyclic) bond motifs is 7. The number of aliphatic hydroxyl groups is 4. The molecule has 0 aromatic rings. The average Bonchev–Trinajstić information content (AvgIpc) is 3.40. The van der Waals surface area contributed by atoms with E-state index in [0.717, 1.165) is 45.1 Å². The van der Waals surface area contributed by atoms with Crippen LogP contribution in [0.3, 0.4) is 0 Å². The van der Waals surface area contributed by atoms with Crippen LogP contribution in [0.2, 0.25) is 0 Å². The highest BCUT2D eigenvalue weighted by Crippen LogP contribution is 2.70. The molecule has 7 rings (SSSR count). The molecule has 0 aromatic carbocycles. The fourth-order valence-corrected chi connectivity index (χ4v) is 11.1. The molecular formula is C33H52O8. The van der Waals surface area contributed by atoms with E-state index in [9.17, 15) is 20.4 Å². The van der Waals surface area contributed by atoms with E-state index in [-0.39, 0.29) is 17.3 Å². The molecule has 7 unspecified atom stereocenters. The summed E-state index contributed by atoms with van der Waals surface area (Å²) in [5.41, 5.74) is 1.91. The van der Waals surface area contributed by atoms with Gasteiger partial charge in [-0.05, 0) is 91.8 Å². The fraction of sp³-hybridized carbons (Fsp3) is 0.939. The van der Waals surface area contributed by atoms with Gasteiger partial charge in [0.25, 0.3) is 0 Å².